The average Bonchev–Trinajstić information content (AvgIpc) is 2.41. The van der Waals surface area contributed by atoms with E-state index in [4.69, 9.17) is 14.6 Å². The largest absolute Gasteiger partial charge is 0.495 e. The molecule has 0 aromatic heterocycles. The molecular weight excluding hydrogens is 316 g/mol. The van der Waals surface area contributed by atoms with Gasteiger partial charge in [0.1, 0.15) is 10.6 Å². The fourth-order valence-corrected chi connectivity index (χ4v) is 2.91. The second-order valence-corrected chi connectivity index (χ2v) is 8.08. The van der Waals surface area contributed by atoms with E-state index in [-0.39, 0.29) is 22.3 Å². The highest BCUT2D eigenvalue weighted by atomic mass is 32.2. The molecule has 0 heterocycles. The van der Waals surface area contributed by atoms with Crippen molar-refractivity contribution in [2.75, 3.05) is 20.3 Å². The van der Waals surface area contributed by atoms with E-state index in [2.05, 4.69) is 5.32 Å². The van der Waals surface area contributed by atoms with Gasteiger partial charge in [0.25, 0.3) is 0 Å². The van der Waals surface area contributed by atoms with Gasteiger partial charge in [-0.2, -0.15) is 0 Å². The van der Waals surface area contributed by atoms with E-state index in [0.29, 0.717) is 13.0 Å². The first-order chi connectivity index (χ1) is 10.5. The molecule has 3 N–H and O–H groups in total. The van der Waals surface area contributed by atoms with Gasteiger partial charge in [-0.05, 0) is 51.8 Å². The molecule has 0 radical (unpaired) electrons. The summed E-state index contributed by atoms with van der Waals surface area (Å²) in [5.74, 6) is 0.260. The number of ether oxygens (including phenoxy) is 2. The number of hydrogen-bond donors (Lipinski definition) is 2. The van der Waals surface area contributed by atoms with Crippen LogP contribution in [-0.2, 0) is 21.2 Å². The Morgan fingerprint density at radius 1 is 1.30 bits per heavy atom. The van der Waals surface area contributed by atoms with Gasteiger partial charge in [-0.25, -0.2) is 13.6 Å². The van der Waals surface area contributed by atoms with Gasteiger partial charge < -0.3 is 14.8 Å². The summed E-state index contributed by atoms with van der Waals surface area (Å²) in [7, 11) is -2.39. The third-order valence-electron chi connectivity index (χ3n) is 3.21. The Morgan fingerprint density at radius 2 is 1.96 bits per heavy atom. The van der Waals surface area contributed by atoms with Crippen molar-refractivity contribution in [2.45, 2.75) is 50.7 Å². The minimum atomic E-state index is -3.81. The van der Waals surface area contributed by atoms with Crippen LogP contribution in [-0.4, -0.2) is 40.3 Å². The maximum atomic E-state index is 11.6. The molecule has 0 aliphatic heterocycles. The van der Waals surface area contributed by atoms with Crippen molar-refractivity contribution in [2.24, 2.45) is 5.14 Å². The third kappa shape index (κ3) is 7.30. The van der Waals surface area contributed by atoms with Crippen molar-refractivity contribution in [3.8, 4) is 5.75 Å². The maximum Gasteiger partial charge on any atom is 0.241 e. The summed E-state index contributed by atoms with van der Waals surface area (Å²) >= 11 is 0. The number of benzene rings is 1. The van der Waals surface area contributed by atoms with E-state index < -0.39 is 10.0 Å². The zero-order chi connectivity index (χ0) is 17.7. The summed E-state index contributed by atoms with van der Waals surface area (Å²) in [6.07, 6.45) is 0.683. The van der Waals surface area contributed by atoms with Crippen molar-refractivity contribution in [1.29, 1.82) is 0 Å². The second kappa shape index (κ2) is 8.10. The monoisotopic (exact) mass is 344 g/mol. The summed E-state index contributed by atoms with van der Waals surface area (Å²) < 4.78 is 33.9. The van der Waals surface area contributed by atoms with Crippen LogP contribution in [0.3, 0.4) is 0 Å². The normalized spacial score (nSPS) is 13.8. The number of rotatable bonds is 8. The Kier molecular flexibility index (Phi) is 7.01. The SMILES string of the molecule is COc1ccc(C[C@@H](C)NCCOC(C)(C)C)cc1S(N)(=O)=O. The van der Waals surface area contributed by atoms with E-state index >= 15 is 0 Å². The highest BCUT2D eigenvalue weighted by molar-refractivity contribution is 7.89. The Labute approximate surface area is 139 Å². The molecule has 0 unspecified atom stereocenters. The maximum absolute atomic E-state index is 11.6. The molecule has 1 aromatic rings. The van der Waals surface area contributed by atoms with Gasteiger partial charge in [0, 0.05) is 12.6 Å². The van der Waals surface area contributed by atoms with Crippen LogP contribution < -0.4 is 15.2 Å². The quantitative estimate of drug-likeness (QED) is 0.700. The summed E-state index contributed by atoms with van der Waals surface area (Å²) in [6.45, 7) is 9.45. The number of nitrogens with one attached hydrogen (secondary N) is 1. The van der Waals surface area contributed by atoms with Crippen molar-refractivity contribution >= 4 is 10.0 Å². The predicted octanol–water partition coefficient (Wildman–Crippen LogP) is 1.68. The lowest BCUT2D eigenvalue weighted by molar-refractivity contribution is -0.00147. The molecule has 0 amide bonds. The number of nitrogens with two attached hydrogens (primary N) is 1. The zero-order valence-corrected chi connectivity index (χ0v) is 15.4. The Hall–Kier alpha value is -1.15. The summed E-state index contributed by atoms with van der Waals surface area (Å²) in [6, 6.07) is 5.22. The van der Waals surface area contributed by atoms with Gasteiger partial charge in [0.2, 0.25) is 10.0 Å². The van der Waals surface area contributed by atoms with Crippen molar-refractivity contribution in [3.05, 3.63) is 23.8 Å². The van der Waals surface area contributed by atoms with E-state index in [1.54, 1.807) is 12.1 Å². The lowest BCUT2D eigenvalue weighted by atomic mass is 10.1. The third-order valence-corrected chi connectivity index (χ3v) is 4.14. The highest BCUT2D eigenvalue weighted by Gasteiger charge is 2.16. The second-order valence-electron chi connectivity index (χ2n) is 6.55. The summed E-state index contributed by atoms with van der Waals surface area (Å²) in [4.78, 5) is 0.0146. The van der Waals surface area contributed by atoms with Crippen LogP contribution in [0.2, 0.25) is 0 Å². The molecule has 132 valence electrons. The number of sulfonamides is 1. The molecular formula is C16H28N2O4S. The molecule has 23 heavy (non-hydrogen) atoms. The topological polar surface area (TPSA) is 90.7 Å². The molecule has 0 aliphatic carbocycles. The zero-order valence-electron chi connectivity index (χ0n) is 14.5. The van der Waals surface area contributed by atoms with E-state index in [1.165, 1.54) is 7.11 Å². The smallest absolute Gasteiger partial charge is 0.241 e. The highest BCUT2D eigenvalue weighted by Crippen LogP contribution is 2.24. The van der Waals surface area contributed by atoms with E-state index in [1.807, 2.05) is 33.8 Å². The standard InChI is InChI=1S/C16H28N2O4S/c1-12(18-8-9-22-16(2,3)4)10-13-6-7-14(21-5)15(11-13)23(17,19)20/h6-7,11-12,18H,8-10H2,1-5H3,(H2,17,19,20)/t12-/m1/s1. The fourth-order valence-electron chi connectivity index (χ4n) is 2.16. The fraction of sp³-hybridized carbons (Fsp3) is 0.625. The van der Waals surface area contributed by atoms with Crippen LogP contribution in [0.15, 0.2) is 23.1 Å². The van der Waals surface area contributed by atoms with Crippen molar-refractivity contribution in [3.63, 3.8) is 0 Å². The van der Waals surface area contributed by atoms with E-state index in [9.17, 15) is 8.42 Å². The van der Waals surface area contributed by atoms with Crippen LogP contribution in [0.25, 0.3) is 0 Å². The van der Waals surface area contributed by atoms with Gasteiger partial charge in [-0.15, -0.1) is 0 Å². The minimum Gasteiger partial charge on any atom is -0.495 e. The first-order valence-corrected chi connectivity index (χ1v) is 9.14. The first-order valence-electron chi connectivity index (χ1n) is 7.60. The molecule has 1 rings (SSSR count). The number of hydrogen-bond acceptors (Lipinski definition) is 5. The molecule has 6 nitrogen and oxygen atoms in total. The number of primary sulfonamides is 1. The lowest BCUT2D eigenvalue weighted by Gasteiger charge is -2.21. The molecule has 0 saturated heterocycles. The van der Waals surface area contributed by atoms with E-state index in [0.717, 1.165) is 12.1 Å². The molecule has 0 fully saturated rings. The summed E-state index contributed by atoms with van der Waals surface area (Å²) in [5, 5.41) is 8.59. The molecule has 0 saturated carbocycles. The van der Waals surface area contributed by atoms with Gasteiger partial charge in [-0.3, -0.25) is 0 Å². The van der Waals surface area contributed by atoms with Crippen LogP contribution in [0.5, 0.6) is 5.75 Å². The van der Waals surface area contributed by atoms with Crippen molar-refractivity contribution < 1.29 is 17.9 Å². The Balaban J connectivity index is 2.63. The average molecular weight is 344 g/mol. The van der Waals surface area contributed by atoms with Gasteiger partial charge >= 0.3 is 0 Å². The Bertz CT molecular complexity index is 609. The Morgan fingerprint density at radius 3 is 2.48 bits per heavy atom. The van der Waals surface area contributed by atoms with Gasteiger partial charge in [0.15, 0.2) is 0 Å². The molecule has 7 heteroatoms. The predicted molar refractivity (Wildman–Crippen MR) is 91.2 cm³/mol. The molecule has 0 aliphatic rings. The first kappa shape index (κ1) is 19.9. The molecule has 0 bridgehead atoms. The molecule has 1 aromatic carbocycles. The lowest BCUT2D eigenvalue weighted by Crippen LogP contribution is -2.33. The van der Waals surface area contributed by atoms with Gasteiger partial charge in [0.05, 0.1) is 19.3 Å². The summed E-state index contributed by atoms with van der Waals surface area (Å²) in [5.41, 5.74) is 0.734. The van der Waals surface area contributed by atoms with Crippen LogP contribution >= 0.6 is 0 Å². The van der Waals surface area contributed by atoms with Crippen molar-refractivity contribution in [1.82, 2.24) is 5.32 Å². The van der Waals surface area contributed by atoms with Crippen LogP contribution in [0.4, 0.5) is 0 Å². The van der Waals surface area contributed by atoms with Gasteiger partial charge in [-0.1, -0.05) is 6.07 Å². The molecule has 0 spiro atoms. The van der Waals surface area contributed by atoms with Crippen LogP contribution in [0.1, 0.15) is 33.3 Å². The van der Waals surface area contributed by atoms with Crippen LogP contribution in [0, 0.1) is 0 Å². The minimum absolute atomic E-state index is 0.0146. The number of methoxy groups -OCH3 is 1. The molecule has 1 atom stereocenters.